The lowest BCUT2D eigenvalue weighted by Gasteiger charge is -2.30. The molecular formula is C23H22N2O6S. The number of anilines is 1. The molecule has 0 aliphatic carbocycles. The molecule has 2 N–H and O–H groups in total. The highest BCUT2D eigenvalue weighted by atomic mass is 32.1. The molecule has 1 fully saturated rings. The number of aliphatic carboxylic acids is 1. The van der Waals surface area contributed by atoms with Crippen molar-refractivity contribution in [3.63, 3.8) is 0 Å². The number of ether oxygens (including phenoxy) is 2. The van der Waals surface area contributed by atoms with Gasteiger partial charge in [-0.1, -0.05) is 23.8 Å². The lowest BCUT2D eigenvalue weighted by atomic mass is 10.0. The quantitative estimate of drug-likeness (QED) is 0.393. The standard InChI is InChI=1S/C23H22N2O6S/c1-12-5-7-17(13(2)9-12)25-21(27)16(20(26)24-23(25)32)10-15-6-8-18(19(11-15)30-4)31-14(3)22(28)29/h5-11,14H,1-4H3,(H,28,29)(H,24,26,32)/b16-10+/t14-/m1/s1. The van der Waals surface area contributed by atoms with Gasteiger partial charge in [-0.05, 0) is 68.4 Å². The van der Waals surface area contributed by atoms with E-state index in [4.69, 9.17) is 26.8 Å². The molecule has 166 valence electrons. The first-order chi connectivity index (χ1) is 15.1. The molecule has 2 aromatic carbocycles. The van der Waals surface area contributed by atoms with Crippen LogP contribution in [0.15, 0.2) is 42.0 Å². The van der Waals surface area contributed by atoms with E-state index in [-0.39, 0.29) is 22.2 Å². The summed E-state index contributed by atoms with van der Waals surface area (Å²) in [5.41, 5.74) is 2.85. The molecule has 8 nitrogen and oxygen atoms in total. The summed E-state index contributed by atoms with van der Waals surface area (Å²) >= 11 is 5.25. The number of carbonyl (C=O) groups is 3. The van der Waals surface area contributed by atoms with Gasteiger partial charge in [0.1, 0.15) is 5.57 Å². The Balaban J connectivity index is 1.97. The van der Waals surface area contributed by atoms with E-state index in [2.05, 4.69) is 5.32 Å². The van der Waals surface area contributed by atoms with Crippen LogP contribution in [0.2, 0.25) is 0 Å². The Morgan fingerprint density at radius 1 is 1.16 bits per heavy atom. The van der Waals surface area contributed by atoms with Gasteiger partial charge in [0.05, 0.1) is 12.8 Å². The number of nitrogens with one attached hydrogen (secondary N) is 1. The van der Waals surface area contributed by atoms with Gasteiger partial charge >= 0.3 is 5.97 Å². The van der Waals surface area contributed by atoms with Crippen molar-refractivity contribution >= 4 is 46.9 Å². The summed E-state index contributed by atoms with van der Waals surface area (Å²) in [4.78, 5) is 38.1. The maximum absolute atomic E-state index is 13.2. The fourth-order valence-electron chi connectivity index (χ4n) is 3.21. The van der Waals surface area contributed by atoms with Gasteiger partial charge < -0.3 is 14.6 Å². The molecule has 0 unspecified atom stereocenters. The summed E-state index contributed by atoms with van der Waals surface area (Å²) in [6.45, 7) is 5.20. The number of hydrogen-bond donors (Lipinski definition) is 2. The van der Waals surface area contributed by atoms with Crippen molar-refractivity contribution in [1.29, 1.82) is 0 Å². The second-order valence-corrected chi connectivity index (χ2v) is 7.64. The van der Waals surface area contributed by atoms with Crippen molar-refractivity contribution in [3.8, 4) is 11.5 Å². The molecule has 0 saturated carbocycles. The van der Waals surface area contributed by atoms with Crippen LogP contribution in [0.3, 0.4) is 0 Å². The highest BCUT2D eigenvalue weighted by Gasteiger charge is 2.35. The van der Waals surface area contributed by atoms with E-state index >= 15 is 0 Å². The lowest BCUT2D eigenvalue weighted by molar-refractivity contribution is -0.144. The molecule has 1 aliphatic rings. The molecular weight excluding hydrogens is 432 g/mol. The van der Waals surface area contributed by atoms with Crippen LogP contribution in [0.4, 0.5) is 5.69 Å². The number of carboxylic acids is 1. The van der Waals surface area contributed by atoms with Gasteiger partial charge in [0, 0.05) is 0 Å². The molecule has 0 radical (unpaired) electrons. The molecule has 0 spiro atoms. The molecule has 0 aromatic heterocycles. The Labute approximate surface area is 190 Å². The average Bonchev–Trinajstić information content (AvgIpc) is 2.73. The summed E-state index contributed by atoms with van der Waals surface area (Å²) in [5.74, 6) is -1.80. The number of carbonyl (C=O) groups excluding carboxylic acids is 2. The van der Waals surface area contributed by atoms with Gasteiger partial charge in [0.25, 0.3) is 11.8 Å². The van der Waals surface area contributed by atoms with E-state index in [0.717, 1.165) is 11.1 Å². The minimum absolute atomic E-state index is 0.00749. The number of thiocarbonyl (C=S) groups is 1. The molecule has 9 heteroatoms. The van der Waals surface area contributed by atoms with E-state index in [0.29, 0.717) is 11.3 Å². The second-order valence-electron chi connectivity index (χ2n) is 7.26. The third-order valence-corrected chi connectivity index (χ3v) is 5.13. The normalized spacial score (nSPS) is 16.1. The predicted molar refractivity (Wildman–Crippen MR) is 123 cm³/mol. The minimum atomic E-state index is -1.12. The monoisotopic (exact) mass is 454 g/mol. The van der Waals surface area contributed by atoms with Crippen molar-refractivity contribution in [2.75, 3.05) is 12.0 Å². The highest BCUT2D eigenvalue weighted by molar-refractivity contribution is 7.80. The summed E-state index contributed by atoms with van der Waals surface area (Å²) in [6, 6.07) is 10.2. The number of amides is 2. The number of rotatable bonds is 6. The highest BCUT2D eigenvalue weighted by Crippen LogP contribution is 2.31. The molecule has 2 amide bonds. The Morgan fingerprint density at radius 3 is 2.50 bits per heavy atom. The van der Waals surface area contributed by atoms with Crippen LogP contribution in [0.25, 0.3) is 6.08 Å². The van der Waals surface area contributed by atoms with Gasteiger partial charge in [-0.3, -0.25) is 19.8 Å². The zero-order valence-electron chi connectivity index (χ0n) is 18.0. The molecule has 0 bridgehead atoms. The van der Waals surface area contributed by atoms with Crippen LogP contribution in [0, 0.1) is 13.8 Å². The first kappa shape index (κ1) is 23.0. The third-order valence-electron chi connectivity index (χ3n) is 4.85. The maximum Gasteiger partial charge on any atom is 0.344 e. The summed E-state index contributed by atoms with van der Waals surface area (Å²) in [7, 11) is 1.41. The number of nitrogens with zero attached hydrogens (tertiary/aromatic N) is 1. The van der Waals surface area contributed by atoms with E-state index in [9.17, 15) is 14.4 Å². The van der Waals surface area contributed by atoms with Crippen LogP contribution in [0.5, 0.6) is 11.5 Å². The zero-order chi connectivity index (χ0) is 23.6. The van der Waals surface area contributed by atoms with Gasteiger partial charge in [0.2, 0.25) is 0 Å². The van der Waals surface area contributed by atoms with E-state index in [1.807, 2.05) is 26.0 Å². The Bertz CT molecular complexity index is 1160. The first-order valence-electron chi connectivity index (χ1n) is 9.68. The molecule has 1 atom stereocenters. The van der Waals surface area contributed by atoms with Gasteiger partial charge in [-0.15, -0.1) is 0 Å². The van der Waals surface area contributed by atoms with E-state index in [1.54, 1.807) is 18.2 Å². The zero-order valence-corrected chi connectivity index (χ0v) is 18.8. The molecule has 1 saturated heterocycles. The summed E-state index contributed by atoms with van der Waals surface area (Å²) in [5, 5.41) is 11.6. The number of carboxylic acid groups (broad SMARTS) is 1. The largest absolute Gasteiger partial charge is 0.493 e. The lowest BCUT2D eigenvalue weighted by Crippen LogP contribution is -2.54. The van der Waals surface area contributed by atoms with Gasteiger partial charge in [-0.25, -0.2) is 4.79 Å². The average molecular weight is 455 g/mol. The Hall–Kier alpha value is -3.72. The minimum Gasteiger partial charge on any atom is -0.493 e. The van der Waals surface area contributed by atoms with Crippen LogP contribution >= 0.6 is 12.2 Å². The smallest absolute Gasteiger partial charge is 0.344 e. The fraction of sp³-hybridized carbons (Fsp3) is 0.217. The van der Waals surface area contributed by atoms with Crippen molar-refractivity contribution in [3.05, 3.63) is 58.7 Å². The van der Waals surface area contributed by atoms with E-state index < -0.39 is 23.9 Å². The Kier molecular flexibility index (Phi) is 6.59. The molecule has 3 rings (SSSR count). The second kappa shape index (κ2) is 9.19. The summed E-state index contributed by atoms with van der Waals surface area (Å²) < 4.78 is 10.7. The fourth-order valence-corrected chi connectivity index (χ4v) is 3.49. The topological polar surface area (TPSA) is 105 Å². The SMILES string of the molecule is COc1cc(/C=C2\C(=O)NC(=S)N(c3ccc(C)cc3C)C2=O)ccc1O[C@H](C)C(=O)O. The molecule has 1 aliphatic heterocycles. The van der Waals surface area contributed by atoms with Crippen LogP contribution in [-0.2, 0) is 14.4 Å². The molecule has 1 heterocycles. The van der Waals surface area contributed by atoms with Crippen LogP contribution < -0.4 is 19.7 Å². The van der Waals surface area contributed by atoms with Gasteiger partial charge in [0.15, 0.2) is 22.7 Å². The van der Waals surface area contributed by atoms with Gasteiger partial charge in [-0.2, -0.15) is 0 Å². The number of methoxy groups -OCH3 is 1. The first-order valence-corrected chi connectivity index (χ1v) is 10.1. The number of benzene rings is 2. The molecule has 2 aromatic rings. The maximum atomic E-state index is 13.2. The summed E-state index contributed by atoms with van der Waals surface area (Å²) in [6.07, 6.45) is 0.342. The number of hydrogen-bond acceptors (Lipinski definition) is 6. The van der Waals surface area contributed by atoms with E-state index in [1.165, 1.54) is 31.1 Å². The van der Waals surface area contributed by atoms with Crippen LogP contribution in [-0.4, -0.2) is 41.2 Å². The Morgan fingerprint density at radius 2 is 1.88 bits per heavy atom. The predicted octanol–water partition coefficient (Wildman–Crippen LogP) is 3.00. The third kappa shape index (κ3) is 4.62. The van der Waals surface area contributed by atoms with Crippen LogP contribution in [0.1, 0.15) is 23.6 Å². The number of aryl methyl sites for hydroxylation is 2. The molecule has 32 heavy (non-hydrogen) atoms. The van der Waals surface area contributed by atoms with Crippen molar-refractivity contribution in [1.82, 2.24) is 5.32 Å². The van der Waals surface area contributed by atoms with Crippen molar-refractivity contribution < 1.29 is 29.0 Å². The van der Waals surface area contributed by atoms with Crippen molar-refractivity contribution in [2.45, 2.75) is 26.9 Å². The van der Waals surface area contributed by atoms with Crippen molar-refractivity contribution in [2.24, 2.45) is 0 Å².